The first-order valence-corrected chi connectivity index (χ1v) is 9.37. The Bertz CT molecular complexity index is 709. The van der Waals surface area contributed by atoms with Gasteiger partial charge in [-0.3, -0.25) is 14.5 Å². The Labute approximate surface area is 146 Å². The summed E-state index contributed by atoms with van der Waals surface area (Å²) < 4.78 is 5.08. The summed E-state index contributed by atoms with van der Waals surface area (Å²) in [6.45, 7) is 5.47. The largest absolute Gasteiger partial charge is 0.351 e. The van der Waals surface area contributed by atoms with E-state index in [9.17, 15) is 9.59 Å². The van der Waals surface area contributed by atoms with Crippen molar-refractivity contribution >= 4 is 11.8 Å². The molecular weight excluding hydrogens is 320 g/mol. The minimum atomic E-state index is -0.0894. The number of carbonyl (C=O) groups is 2. The third-order valence-electron chi connectivity index (χ3n) is 6.65. The number of hydrogen-bond acceptors (Lipinski definition) is 5. The maximum absolute atomic E-state index is 12.5. The van der Waals surface area contributed by atoms with Crippen LogP contribution in [0, 0.1) is 24.7 Å². The van der Waals surface area contributed by atoms with Crippen LogP contribution in [0.5, 0.6) is 0 Å². The average Bonchev–Trinajstić information content (AvgIpc) is 3.33. The molecule has 5 rings (SSSR count). The fourth-order valence-electron chi connectivity index (χ4n) is 5.41. The first kappa shape index (κ1) is 15.4. The van der Waals surface area contributed by atoms with E-state index in [-0.39, 0.29) is 5.91 Å². The number of fused-ring (bicyclic) bond motifs is 5. The van der Waals surface area contributed by atoms with Gasteiger partial charge >= 0.3 is 0 Å². The molecule has 2 saturated carbocycles. The Morgan fingerprint density at radius 1 is 1.24 bits per heavy atom. The van der Waals surface area contributed by atoms with Crippen molar-refractivity contribution in [2.45, 2.75) is 32.2 Å². The lowest BCUT2D eigenvalue weighted by atomic mass is 9.76. The standard InChI is InChI=1S/C18H24N4O3/c1-11-8-14(25-19-11)17(23)21-6-4-20(5-7-21)10-22-16-13-3-2-12(9-13)15(16)18(22)24/h8,12-13,15-16H,2-7,9-10H2,1H3. The number of aromatic nitrogens is 1. The van der Waals surface area contributed by atoms with E-state index in [2.05, 4.69) is 15.0 Å². The smallest absolute Gasteiger partial charge is 0.292 e. The quantitative estimate of drug-likeness (QED) is 0.764. The van der Waals surface area contributed by atoms with Gasteiger partial charge in [-0.1, -0.05) is 5.16 Å². The molecule has 134 valence electrons. The lowest BCUT2D eigenvalue weighted by Crippen LogP contribution is -2.66. The molecule has 4 fully saturated rings. The number of carbonyl (C=O) groups excluding carboxylic acids is 2. The van der Waals surface area contributed by atoms with E-state index in [0.717, 1.165) is 31.4 Å². The topological polar surface area (TPSA) is 69.9 Å². The SMILES string of the molecule is Cc1cc(C(=O)N2CCN(CN3C(=O)C4C5CCC(C5)C43)CC2)on1. The number of likely N-dealkylation sites (tertiary alicyclic amines) is 1. The van der Waals surface area contributed by atoms with E-state index in [0.29, 0.717) is 42.6 Å². The van der Waals surface area contributed by atoms with Crippen molar-refractivity contribution in [1.29, 1.82) is 0 Å². The summed E-state index contributed by atoms with van der Waals surface area (Å²) in [5.74, 6) is 2.33. The molecular formula is C18H24N4O3. The van der Waals surface area contributed by atoms with Crippen molar-refractivity contribution < 1.29 is 14.1 Å². The van der Waals surface area contributed by atoms with Gasteiger partial charge in [0.1, 0.15) is 0 Å². The van der Waals surface area contributed by atoms with Crippen LogP contribution in [0.25, 0.3) is 0 Å². The van der Waals surface area contributed by atoms with Gasteiger partial charge in [0.25, 0.3) is 5.91 Å². The molecule has 0 spiro atoms. The van der Waals surface area contributed by atoms with E-state index >= 15 is 0 Å². The third-order valence-corrected chi connectivity index (χ3v) is 6.65. The zero-order valence-electron chi connectivity index (χ0n) is 14.6. The van der Waals surface area contributed by atoms with Gasteiger partial charge in [-0.05, 0) is 38.0 Å². The molecule has 4 aliphatic rings. The summed E-state index contributed by atoms with van der Waals surface area (Å²) in [7, 11) is 0. The number of rotatable bonds is 3. The minimum Gasteiger partial charge on any atom is -0.351 e. The summed E-state index contributed by atoms with van der Waals surface area (Å²) in [6.07, 6.45) is 3.82. The van der Waals surface area contributed by atoms with E-state index in [1.54, 1.807) is 6.07 Å². The monoisotopic (exact) mass is 344 g/mol. The lowest BCUT2D eigenvalue weighted by molar-refractivity contribution is -0.165. The van der Waals surface area contributed by atoms with Crippen LogP contribution >= 0.6 is 0 Å². The van der Waals surface area contributed by atoms with Gasteiger partial charge in [-0.2, -0.15) is 0 Å². The fourth-order valence-corrected chi connectivity index (χ4v) is 5.41. The molecule has 0 N–H and O–H groups in total. The van der Waals surface area contributed by atoms with Crippen LogP contribution in [0.3, 0.4) is 0 Å². The van der Waals surface area contributed by atoms with Crippen molar-refractivity contribution in [2.24, 2.45) is 17.8 Å². The first-order chi connectivity index (χ1) is 12.1. The molecule has 1 aromatic heterocycles. The van der Waals surface area contributed by atoms with Crippen LogP contribution in [0.4, 0.5) is 0 Å². The zero-order chi connectivity index (χ0) is 17.1. The Balaban J connectivity index is 1.16. The Kier molecular flexibility index (Phi) is 3.42. The summed E-state index contributed by atoms with van der Waals surface area (Å²) in [6, 6.07) is 2.19. The van der Waals surface area contributed by atoms with Crippen LogP contribution in [0.1, 0.15) is 35.5 Å². The maximum atomic E-state index is 12.5. The highest BCUT2D eigenvalue weighted by atomic mass is 16.5. The second kappa shape index (κ2) is 5.56. The van der Waals surface area contributed by atoms with Crippen molar-refractivity contribution in [2.75, 3.05) is 32.8 Å². The lowest BCUT2D eigenvalue weighted by Gasteiger charge is -2.51. The van der Waals surface area contributed by atoms with Crippen LogP contribution < -0.4 is 0 Å². The number of amides is 2. The van der Waals surface area contributed by atoms with Gasteiger partial charge in [-0.25, -0.2) is 0 Å². The van der Waals surface area contributed by atoms with Crippen molar-refractivity contribution in [1.82, 2.24) is 19.9 Å². The average molecular weight is 344 g/mol. The summed E-state index contributed by atoms with van der Waals surface area (Å²) >= 11 is 0. The molecule has 4 atom stereocenters. The van der Waals surface area contributed by atoms with Crippen molar-refractivity contribution in [3.8, 4) is 0 Å². The molecule has 4 unspecified atom stereocenters. The molecule has 3 heterocycles. The maximum Gasteiger partial charge on any atom is 0.292 e. The molecule has 2 aliphatic heterocycles. The number of piperazine rings is 1. The molecule has 2 aliphatic carbocycles. The van der Waals surface area contributed by atoms with Gasteiger partial charge in [0.15, 0.2) is 0 Å². The molecule has 25 heavy (non-hydrogen) atoms. The van der Waals surface area contributed by atoms with Crippen molar-refractivity contribution in [3.63, 3.8) is 0 Å². The van der Waals surface area contributed by atoms with Crippen LogP contribution in [-0.4, -0.2) is 70.6 Å². The highest BCUT2D eigenvalue weighted by Crippen LogP contribution is 2.56. The van der Waals surface area contributed by atoms with E-state index in [1.807, 2.05) is 11.8 Å². The van der Waals surface area contributed by atoms with Gasteiger partial charge < -0.3 is 14.3 Å². The fraction of sp³-hybridized carbons (Fsp3) is 0.722. The second-order valence-electron chi connectivity index (χ2n) is 8.04. The first-order valence-electron chi connectivity index (χ1n) is 9.37. The van der Waals surface area contributed by atoms with Gasteiger partial charge in [-0.15, -0.1) is 0 Å². The number of hydrogen-bond donors (Lipinski definition) is 0. The predicted octanol–water partition coefficient (Wildman–Crippen LogP) is 0.955. The predicted molar refractivity (Wildman–Crippen MR) is 88.5 cm³/mol. The molecule has 2 saturated heterocycles. The highest BCUT2D eigenvalue weighted by Gasteiger charge is 2.61. The van der Waals surface area contributed by atoms with Gasteiger partial charge in [0.2, 0.25) is 11.7 Å². The minimum absolute atomic E-state index is 0.0894. The van der Waals surface area contributed by atoms with Crippen LogP contribution in [0.15, 0.2) is 10.6 Å². The van der Waals surface area contributed by atoms with E-state index < -0.39 is 0 Å². The van der Waals surface area contributed by atoms with Crippen molar-refractivity contribution in [3.05, 3.63) is 17.5 Å². The molecule has 7 nitrogen and oxygen atoms in total. The number of nitrogens with zero attached hydrogens (tertiary/aromatic N) is 4. The van der Waals surface area contributed by atoms with Crippen LogP contribution in [-0.2, 0) is 4.79 Å². The summed E-state index contributed by atoms with van der Waals surface area (Å²) in [5, 5.41) is 3.79. The number of β-lactam (4-membered cyclic amide) rings is 1. The normalized spacial score (nSPS) is 34.4. The molecule has 2 amide bonds. The zero-order valence-corrected chi connectivity index (χ0v) is 14.6. The van der Waals surface area contributed by atoms with E-state index in [1.165, 1.54) is 19.3 Å². The molecule has 2 bridgehead atoms. The van der Waals surface area contributed by atoms with Gasteiger partial charge in [0, 0.05) is 38.3 Å². The molecule has 0 aromatic carbocycles. The molecule has 7 heteroatoms. The second-order valence-corrected chi connectivity index (χ2v) is 8.04. The Morgan fingerprint density at radius 3 is 2.72 bits per heavy atom. The summed E-state index contributed by atoms with van der Waals surface area (Å²) in [5.41, 5.74) is 0.721. The highest BCUT2D eigenvalue weighted by molar-refractivity contribution is 5.91. The van der Waals surface area contributed by atoms with Gasteiger partial charge in [0.05, 0.1) is 18.3 Å². The molecule has 1 aromatic rings. The summed E-state index contributed by atoms with van der Waals surface area (Å²) in [4.78, 5) is 31.1. The van der Waals surface area contributed by atoms with Crippen LogP contribution in [0.2, 0.25) is 0 Å². The Morgan fingerprint density at radius 2 is 2.00 bits per heavy atom. The number of aryl methyl sites for hydroxylation is 1. The third kappa shape index (κ3) is 2.32. The molecule has 0 radical (unpaired) electrons. The Hall–Kier alpha value is -1.89. The van der Waals surface area contributed by atoms with E-state index in [4.69, 9.17) is 4.52 Å².